The van der Waals surface area contributed by atoms with Crippen molar-refractivity contribution in [2.75, 3.05) is 0 Å². The molecule has 0 amide bonds. The van der Waals surface area contributed by atoms with E-state index in [0.29, 0.717) is 11.3 Å². The molecule has 1 heterocycles. The van der Waals surface area contributed by atoms with E-state index in [1.54, 1.807) is 6.07 Å². The molecule has 0 spiro atoms. The van der Waals surface area contributed by atoms with E-state index in [-0.39, 0.29) is 6.10 Å². The molecule has 2 aromatic carbocycles. The van der Waals surface area contributed by atoms with Gasteiger partial charge in [0.05, 0.1) is 17.0 Å². The van der Waals surface area contributed by atoms with Crippen molar-refractivity contribution in [3.8, 4) is 17.0 Å². The zero-order valence-corrected chi connectivity index (χ0v) is 15.6. The first-order valence-corrected chi connectivity index (χ1v) is 9.33. The highest BCUT2D eigenvalue weighted by molar-refractivity contribution is 5.59. The molecule has 1 aromatic heterocycles. The van der Waals surface area contributed by atoms with Gasteiger partial charge in [-0.15, -0.1) is 0 Å². The molecular formula is C23H22F3NO. The largest absolute Gasteiger partial charge is 0.484 e. The second-order valence-electron chi connectivity index (χ2n) is 6.58. The number of para-hydroxylation sites is 1. The van der Waals surface area contributed by atoms with Crippen LogP contribution in [0.25, 0.3) is 11.3 Å². The van der Waals surface area contributed by atoms with E-state index in [1.807, 2.05) is 42.5 Å². The Morgan fingerprint density at radius 1 is 0.893 bits per heavy atom. The molecule has 1 atom stereocenters. The summed E-state index contributed by atoms with van der Waals surface area (Å²) in [5.41, 5.74) is 1.38. The smallest absolute Gasteiger partial charge is 0.416 e. The average molecular weight is 385 g/mol. The molecule has 0 saturated heterocycles. The Morgan fingerprint density at radius 3 is 2.25 bits per heavy atom. The van der Waals surface area contributed by atoms with E-state index in [9.17, 15) is 13.2 Å². The lowest BCUT2D eigenvalue weighted by molar-refractivity contribution is -0.137. The summed E-state index contributed by atoms with van der Waals surface area (Å²) in [7, 11) is 0. The molecule has 0 bridgehead atoms. The van der Waals surface area contributed by atoms with Gasteiger partial charge in [0, 0.05) is 5.56 Å². The van der Waals surface area contributed by atoms with Gasteiger partial charge in [-0.2, -0.15) is 13.2 Å². The van der Waals surface area contributed by atoms with Crippen LogP contribution in [-0.2, 0) is 6.18 Å². The van der Waals surface area contributed by atoms with Crippen LogP contribution in [0.2, 0.25) is 0 Å². The van der Waals surface area contributed by atoms with Gasteiger partial charge >= 0.3 is 6.18 Å². The van der Waals surface area contributed by atoms with Gasteiger partial charge in [0.15, 0.2) is 0 Å². The topological polar surface area (TPSA) is 22.1 Å². The van der Waals surface area contributed by atoms with Gasteiger partial charge in [0.2, 0.25) is 0 Å². The number of alkyl halides is 3. The van der Waals surface area contributed by atoms with E-state index < -0.39 is 11.7 Å². The monoisotopic (exact) mass is 385 g/mol. The molecule has 3 aromatic rings. The Morgan fingerprint density at radius 2 is 1.61 bits per heavy atom. The molecule has 0 N–H and O–H groups in total. The number of pyridine rings is 1. The molecule has 5 heteroatoms. The summed E-state index contributed by atoms with van der Waals surface area (Å²) in [5, 5.41) is 0. The Bertz CT molecular complexity index is 876. The Kier molecular flexibility index (Phi) is 6.34. The second-order valence-corrected chi connectivity index (χ2v) is 6.58. The van der Waals surface area contributed by atoms with Crippen LogP contribution in [0, 0.1) is 0 Å². The minimum absolute atomic E-state index is 0.211. The Hall–Kier alpha value is -2.82. The van der Waals surface area contributed by atoms with Gasteiger partial charge in [-0.05, 0) is 49.2 Å². The fourth-order valence-corrected chi connectivity index (χ4v) is 2.94. The van der Waals surface area contributed by atoms with Crippen LogP contribution in [0.4, 0.5) is 13.2 Å². The lowest BCUT2D eigenvalue weighted by Gasteiger charge is -2.19. The minimum Gasteiger partial charge on any atom is -0.484 e. The first-order chi connectivity index (χ1) is 13.5. The molecule has 28 heavy (non-hydrogen) atoms. The van der Waals surface area contributed by atoms with E-state index >= 15 is 0 Å². The van der Waals surface area contributed by atoms with Gasteiger partial charge in [-0.1, -0.05) is 49.7 Å². The Labute approximate surface area is 163 Å². The van der Waals surface area contributed by atoms with E-state index in [0.717, 1.165) is 42.8 Å². The fourth-order valence-electron chi connectivity index (χ4n) is 2.94. The molecule has 146 valence electrons. The summed E-state index contributed by atoms with van der Waals surface area (Å²) >= 11 is 0. The SMILES string of the molecule is CCCC[C@@H](Oc1ccccc1)c1cccc(-c2ccc(C(F)(F)F)cc2)n1. The molecule has 3 rings (SSSR count). The zero-order chi connectivity index (χ0) is 20.0. The van der Waals surface area contributed by atoms with E-state index in [4.69, 9.17) is 4.74 Å². The number of nitrogens with zero attached hydrogens (tertiary/aromatic N) is 1. The zero-order valence-electron chi connectivity index (χ0n) is 15.6. The van der Waals surface area contributed by atoms with Crippen molar-refractivity contribution < 1.29 is 17.9 Å². The number of aromatic nitrogens is 1. The molecule has 0 saturated carbocycles. The van der Waals surface area contributed by atoms with E-state index in [2.05, 4.69) is 11.9 Å². The van der Waals surface area contributed by atoms with Gasteiger partial charge in [-0.25, -0.2) is 4.98 Å². The highest BCUT2D eigenvalue weighted by Crippen LogP contribution is 2.31. The number of hydrogen-bond acceptors (Lipinski definition) is 2. The highest BCUT2D eigenvalue weighted by Gasteiger charge is 2.30. The van der Waals surface area contributed by atoms with Crippen LogP contribution < -0.4 is 4.74 Å². The third kappa shape index (κ3) is 5.12. The summed E-state index contributed by atoms with van der Waals surface area (Å²) in [5.74, 6) is 0.769. The number of benzene rings is 2. The number of hydrogen-bond donors (Lipinski definition) is 0. The maximum absolute atomic E-state index is 12.8. The normalized spacial score (nSPS) is 12.6. The lowest BCUT2D eigenvalue weighted by atomic mass is 10.1. The predicted octanol–water partition coefficient (Wildman–Crippen LogP) is 7.08. The van der Waals surface area contributed by atoms with Crippen LogP contribution in [0.5, 0.6) is 5.75 Å². The summed E-state index contributed by atoms with van der Waals surface area (Å²) in [4.78, 5) is 4.68. The third-order valence-electron chi connectivity index (χ3n) is 4.45. The van der Waals surface area contributed by atoms with Crippen molar-refractivity contribution in [1.82, 2.24) is 4.98 Å². The van der Waals surface area contributed by atoms with Gasteiger partial charge in [-0.3, -0.25) is 0 Å². The van der Waals surface area contributed by atoms with Crippen molar-refractivity contribution in [2.45, 2.75) is 38.5 Å². The molecule has 0 aliphatic carbocycles. The summed E-state index contributed by atoms with van der Waals surface area (Å²) in [6.07, 6.45) is -1.72. The number of ether oxygens (including phenoxy) is 1. The van der Waals surface area contributed by atoms with Gasteiger partial charge in [0.1, 0.15) is 11.9 Å². The van der Waals surface area contributed by atoms with Crippen molar-refractivity contribution in [2.24, 2.45) is 0 Å². The molecule has 0 unspecified atom stereocenters. The highest BCUT2D eigenvalue weighted by atomic mass is 19.4. The molecule has 0 aliphatic rings. The molecule has 0 radical (unpaired) electrons. The second kappa shape index (κ2) is 8.91. The quantitative estimate of drug-likeness (QED) is 0.434. The standard InChI is InChI=1S/C23H22F3NO/c1-2-3-12-22(28-19-8-5-4-6-9-19)21-11-7-10-20(27-21)17-13-15-18(16-14-17)23(24,25)26/h4-11,13-16,22H,2-3,12H2,1H3/t22-/m1/s1. The van der Waals surface area contributed by atoms with Crippen LogP contribution in [-0.4, -0.2) is 4.98 Å². The first-order valence-electron chi connectivity index (χ1n) is 9.33. The van der Waals surface area contributed by atoms with Crippen molar-refractivity contribution >= 4 is 0 Å². The van der Waals surface area contributed by atoms with Gasteiger partial charge in [0.25, 0.3) is 0 Å². The third-order valence-corrected chi connectivity index (χ3v) is 4.45. The van der Waals surface area contributed by atoms with Crippen LogP contribution in [0.1, 0.15) is 43.5 Å². The van der Waals surface area contributed by atoms with Gasteiger partial charge < -0.3 is 4.74 Å². The number of rotatable bonds is 7. The van der Waals surface area contributed by atoms with Crippen LogP contribution >= 0.6 is 0 Å². The minimum atomic E-state index is -4.34. The molecular weight excluding hydrogens is 363 g/mol. The summed E-state index contributed by atoms with van der Waals surface area (Å²) in [6.45, 7) is 2.12. The van der Waals surface area contributed by atoms with Crippen molar-refractivity contribution in [3.63, 3.8) is 0 Å². The maximum atomic E-state index is 12.8. The lowest BCUT2D eigenvalue weighted by Crippen LogP contribution is -2.10. The fraction of sp³-hybridized carbons (Fsp3) is 0.261. The van der Waals surface area contributed by atoms with Crippen molar-refractivity contribution in [1.29, 1.82) is 0 Å². The number of halogens is 3. The molecule has 0 aliphatic heterocycles. The Balaban J connectivity index is 1.86. The summed E-state index contributed by atoms with van der Waals surface area (Å²) in [6, 6.07) is 20.2. The predicted molar refractivity (Wildman–Crippen MR) is 104 cm³/mol. The molecule has 2 nitrogen and oxygen atoms in total. The van der Waals surface area contributed by atoms with Crippen LogP contribution in [0.3, 0.4) is 0 Å². The average Bonchev–Trinajstić information content (AvgIpc) is 2.71. The van der Waals surface area contributed by atoms with Crippen LogP contribution in [0.15, 0.2) is 72.8 Å². The van der Waals surface area contributed by atoms with Crippen molar-refractivity contribution in [3.05, 3.63) is 84.1 Å². The first kappa shape index (κ1) is 19.9. The van der Waals surface area contributed by atoms with E-state index in [1.165, 1.54) is 12.1 Å². The number of unbranched alkanes of at least 4 members (excludes halogenated alkanes) is 1. The summed E-state index contributed by atoms with van der Waals surface area (Å²) < 4.78 is 44.5. The molecule has 0 fully saturated rings. The maximum Gasteiger partial charge on any atom is 0.416 e.